The van der Waals surface area contributed by atoms with E-state index < -0.39 is 31.1 Å². The number of amides is 1. The first-order chi connectivity index (χ1) is 19.0. The van der Waals surface area contributed by atoms with Crippen molar-refractivity contribution in [1.82, 2.24) is 24.8 Å². The maximum atomic E-state index is 13.3. The van der Waals surface area contributed by atoms with E-state index in [1.165, 1.54) is 11.9 Å². The predicted molar refractivity (Wildman–Crippen MR) is 146 cm³/mol. The molecule has 198 valence electrons. The molecule has 10 nitrogen and oxygen atoms in total. The van der Waals surface area contributed by atoms with Gasteiger partial charge in [-0.15, -0.1) is 0 Å². The SMILES string of the molecule is Cc1cccc(CNc2ncnc3c2ncn3[C@@H]2O[C@H](CO)[C@@H](O)[C@H]2NC(=O)c2ccc3ccccc3c2)c1. The molecule has 0 bridgehead atoms. The number of nitrogens with zero attached hydrogens (tertiary/aromatic N) is 4. The van der Waals surface area contributed by atoms with Crippen molar-refractivity contribution in [1.29, 1.82) is 0 Å². The van der Waals surface area contributed by atoms with Crippen molar-refractivity contribution in [3.05, 3.63) is 96.1 Å². The molecule has 3 aromatic carbocycles. The molecule has 0 saturated carbocycles. The number of benzene rings is 3. The van der Waals surface area contributed by atoms with Crippen LogP contribution in [0.2, 0.25) is 0 Å². The number of carbonyl (C=O) groups is 1. The van der Waals surface area contributed by atoms with Gasteiger partial charge in [0.25, 0.3) is 5.91 Å². The van der Waals surface area contributed by atoms with E-state index in [4.69, 9.17) is 4.74 Å². The molecule has 2 aromatic heterocycles. The molecule has 39 heavy (non-hydrogen) atoms. The highest BCUT2D eigenvalue weighted by molar-refractivity contribution is 5.98. The first kappa shape index (κ1) is 24.9. The van der Waals surface area contributed by atoms with E-state index in [1.54, 1.807) is 23.0 Å². The van der Waals surface area contributed by atoms with Gasteiger partial charge in [0.15, 0.2) is 23.2 Å². The normalized spacial score (nSPS) is 20.9. The van der Waals surface area contributed by atoms with E-state index in [0.29, 0.717) is 29.1 Å². The Morgan fingerprint density at radius 2 is 1.87 bits per heavy atom. The zero-order valence-corrected chi connectivity index (χ0v) is 21.2. The Hall–Kier alpha value is -4.38. The molecule has 5 aromatic rings. The predicted octanol–water partition coefficient (Wildman–Crippen LogP) is 2.95. The number of hydrogen-bond donors (Lipinski definition) is 4. The van der Waals surface area contributed by atoms with Crippen molar-refractivity contribution in [2.75, 3.05) is 11.9 Å². The fourth-order valence-electron chi connectivity index (χ4n) is 5.03. The number of aryl methyl sites for hydroxylation is 1. The van der Waals surface area contributed by atoms with Gasteiger partial charge in [-0.1, -0.05) is 60.2 Å². The molecule has 0 radical (unpaired) electrons. The van der Waals surface area contributed by atoms with Gasteiger partial charge in [0, 0.05) is 12.1 Å². The lowest BCUT2D eigenvalue weighted by Gasteiger charge is -2.23. The second-order valence-corrected chi connectivity index (χ2v) is 9.69. The highest BCUT2D eigenvalue weighted by Crippen LogP contribution is 2.32. The maximum absolute atomic E-state index is 13.3. The lowest BCUT2D eigenvalue weighted by atomic mass is 10.0. The molecular formula is C29H28N6O4. The molecule has 1 aliphatic heterocycles. The first-order valence-corrected chi connectivity index (χ1v) is 12.7. The molecule has 0 aliphatic carbocycles. The van der Waals surface area contributed by atoms with Crippen molar-refractivity contribution in [3.8, 4) is 0 Å². The molecule has 1 amide bonds. The number of nitrogens with one attached hydrogen (secondary N) is 2. The van der Waals surface area contributed by atoms with Crippen LogP contribution >= 0.6 is 0 Å². The maximum Gasteiger partial charge on any atom is 0.251 e. The van der Waals surface area contributed by atoms with E-state index >= 15 is 0 Å². The van der Waals surface area contributed by atoms with Crippen LogP contribution in [0, 0.1) is 6.92 Å². The number of aliphatic hydroxyl groups is 2. The second-order valence-electron chi connectivity index (χ2n) is 9.69. The number of aliphatic hydroxyl groups excluding tert-OH is 2. The van der Waals surface area contributed by atoms with Crippen LogP contribution in [0.5, 0.6) is 0 Å². The lowest BCUT2D eigenvalue weighted by molar-refractivity contribution is -0.0440. The molecule has 10 heteroatoms. The minimum Gasteiger partial charge on any atom is -0.394 e. The Bertz CT molecular complexity index is 1650. The first-order valence-electron chi connectivity index (χ1n) is 12.7. The standard InChI is InChI=1S/C29H28N6O4/c1-17-5-4-6-18(11-17)13-30-26-24-27(32-15-31-26)35(16-33-24)29-23(25(37)22(14-36)39-29)34-28(38)21-10-9-19-7-2-3-8-20(19)12-21/h2-12,15-16,22-23,25,29,36-37H,13-14H2,1H3,(H,34,38)(H,30,31,32)/t22-,23-,25-,29-/m1/s1. The highest BCUT2D eigenvalue weighted by atomic mass is 16.5. The number of anilines is 1. The van der Waals surface area contributed by atoms with Crippen LogP contribution in [-0.4, -0.2) is 60.5 Å². The molecule has 0 unspecified atom stereocenters. The summed E-state index contributed by atoms with van der Waals surface area (Å²) in [6.07, 6.45) is 0.0731. The Morgan fingerprint density at radius 1 is 1.03 bits per heavy atom. The number of aromatic nitrogens is 4. The molecule has 1 aliphatic rings. The fraction of sp³-hybridized carbons (Fsp3) is 0.241. The third-order valence-corrected chi connectivity index (χ3v) is 7.04. The van der Waals surface area contributed by atoms with Gasteiger partial charge in [-0.3, -0.25) is 9.36 Å². The smallest absolute Gasteiger partial charge is 0.251 e. The Labute approximate surface area is 224 Å². The van der Waals surface area contributed by atoms with Gasteiger partial charge in [0.2, 0.25) is 0 Å². The quantitative estimate of drug-likeness (QED) is 0.255. The zero-order valence-electron chi connectivity index (χ0n) is 21.2. The summed E-state index contributed by atoms with van der Waals surface area (Å²) in [7, 11) is 0. The van der Waals surface area contributed by atoms with Crippen LogP contribution in [0.4, 0.5) is 5.82 Å². The molecule has 4 N–H and O–H groups in total. The van der Waals surface area contributed by atoms with Crippen LogP contribution in [-0.2, 0) is 11.3 Å². The topological polar surface area (TPSA) is 134 Å². The number of carbonyl (C=O) groups excluding carboxylic acids is 1. The van der Waals surface area contributed by atoms with Crippen molar-refractivity contribution >= 4 is 33.7 Å². The van der Waals surface area contributed by atoms with Gasteiger partial charge in [-0.25, -0.2) is 15.0 Å². The molecule has 4 atom stereocenters. The third-order valence-electron chi connectivity index (χ3n) is 7.04. The van der Waals surface area contributed by atoms with Gasteiger partial charge in [-0.05, 0) is 35.4 Å². The van der Waals surface area contributed by atoms with Gasteiger partial charge < -0.3 is 25.6 Å². The number of rotatable bonds is 7. The largest absolute Gasteiger partial charge is 0.394 e. The summed E-state index contributed by atoms with van der Waals surface area (Å²) in [6, 6.07) is 20.5. The van der Waals surface area contributed by atoms with Crippen LogP contribution in [0.1, 0.15) is 27.7 Å². The summed E-state index contributed by atoms with van der Waals surface area (Å²) in [6.45, 7) is 2.18. The molecule has 3 heterocycles. The fourth-order valence-corrected chi connectivity index (χ4v) is 5.03. The second kappa shape index (κ2) is 10.4. The van der Waals surface area contributed by atoms with E-state index in [1.807, 2.05) is 55.5 Å². The number of hydrogen-bond acceptors (Lipinski definition) is 8. The highest BCUT2D eigenvalue weighted by Gasteiger charge is 2.46. The van der Waals surface area contributed by atoms with Gasteiger partial charge in [0.1, 0.15) is 24.6 Å². The summed E-state index contributed by atoms with van der Waals surface area (Å²) in [4.78, 5) is 26.5. The van der Waals surface area contributed by atoms with Crippen molar-refractivity contribution < 1.29 is 19.7 Å². The molecular weight excluding hydrogens is 496 g/mol. The van der Waals surface area contributed by atoms with E-state index in [0.717, 1.165) is 16.3 Å². The van der Waals surface area contributed by atoms with Gasteiger partial charge in [-0.2, -0.15) is 0 Å². The molecule has 0 spiro atoms. The average molecular weight is 525 g/mol. The van der Waals surface area contributed by atoms with Crippen molar-refractivity contribution in [2.24, 2.45) is 0 Å². The summed E-state index contributed by atoms with van der Waals surface area (Å²) < 4.78 is 7.66. The minimum atomic E-state index is -1.15. The Balaban J connectivity index is 1.28. The monoisotopic (exact) mass is 524 g/mol. The van der Waals surface area contributed by atoms with Gasteiger partial charge >= 0.3 is 0 Å². The molecule has 1 saturated heterocycles. The Kier molecular flexibility index (Phi) is 6.65. The van der Waals surface area contributed by atoms with E-state index in [9.17, 15) is 15.0 Å². The van der Waals surface area contributed by atoms with Crippen LogP contribution < -0.4 is 10.6 Å². The van der Waals surface area contributed by atoms with Crippen LogP contribution in [0.25, 0.3) is 21.9 Å². The molecule has 1 fully saturated rings. The average Bonchev–Trinajstić information content (AvgIpc) is 3.52. The Morgan fingerprint density at radius 3 is 2.69 bits per heavy atom. The minimum absolute atomic E-state index is 0.364. The van der Waals surface area contributed by atoms with Crippen molar-refractivity contribution in [2.45, 2.75) is 37.9 Å². The van der Waals surface area contributed by atoms with Crippen molar-refractivity contribution in [3.63, 3.8) is 0 Å². The lowest BCUT2D eigenvalue weighted by Crippen LogP contribution is -2.46. The third kappa shape index (κ3) is 4.81. The zero-order chi connectivity index (χ0) is 26.9. The van der Waals surface area contributed by atoms with Crippen LogP contribution in [0.3, 0.4) is 0 Å². The van der Waals surface area contributed by atoms with E-state index in [-0.39, 0.29) is 5.91 Å². The number of fused-ring (bicyclic) bond motifs is 2. The summed E-state index contributed by atoms with van der Waals surface area (Å²) in [5.74, 6) is 0.186. The van der Waals surface area contributed by atoms with Gasteiger partial charge in [0.05, 0.1) is 12.9 Å². The number of imidazole rings is 1. The summed E-state index contributed by atoms with van der Waals surface area (Å²) in [5.41, 5.74) is 3.71. The molecule has 6 rings (SSSR count). The van der Waals surface area contributed by atoms with E-state index in [2.05, 4.69) is 31.7 Å². The number of ether oxygens (including phenoxy) is 1. The summed E-state index contributed by atoms with van der Waals surface area (Å²) >= 11 is 0. The van der Waals surface area contributed by atoms with Crippen LogP contribution in [0.15, 0.2) is 79.4 Å². The summed E-state index contributed by atoms with van der Waals surface area (Å²) in [5, 5.41) is 29.0.